The third kappa shape index (κ3) is 2.52. The van der Waals surface area contributed by atoms with Gasteiger partial charge in [0.25, 0.3) is 0 Å². The van der Waals surface area contributed by atoms with Gasteiger partial charge in [-0.25, -0.2) is 0 Å². The van der Waals surface area contributed by atoms with Crippen molar-refractivity contribution in [3.63, 3.8) is 0 Å². The number of aliphatic hydroxyl groups is 1. The van der Waals surface area contributed by atoms with Crippen LogP contribution in [0.2, 0.25) is 0 Å². The van der Waals surface area contributed by atoms with Crippen LogP contribution in [0.1, 0.15) is 26.7 Å². The molecule has 3 saturated heterocycles. The van der Waals surface area contributed by atoms with E-state index in [1.54, 1.807) is 0 Å². The summed E-state index contributed by atoms with van der Waals surface area (Å²) in [6.07, 6.45) is 2.68. The number of nitrogens with one attached hydrogen (secondary N) is 1. The Morgan fingerprint density at radius 1 is 1.33 bits per heavy atom. The molecule has 15 heavy (non-hydrogen) atoms. The number of rotatable bonds is 4. The Morgan fingerprint density at radius 2 is 2.00 bits per heavy atom. The maximum absolute atomic E-state index is 9.32. The zero-order valence-corrected chi connectivity index (χ0v) is 9.95. The van der Waals surface area contributed by atoms with Crippen LogP contribution in [0.3, 0.4) is 0 Å². The van der Waals surface area contributed by atoms with Crippen LogP contribution in [0.15, 0.2) is 0 Å². The lowest BCUT2D eigenvalue weighted by molar-refractivity contribution is 0.0565. The largest absolute Gasteiger partial charge is 0.395 e. The first kappa shape index (κ1) is 11.4. The molecule has 0 saturated carbocycles. The zero-order valence-electron chi connectivity index (χ0n) is 9.95. The van der Waals surface area contributed by atoms with E-state index in [9.17, 15) is 5.11 Å². The highest BCUT2D eigenvalue weighted by Crippen LogP contribution is 2.28. The number of fused-ring (bicyclic) bond motifs is 3. The van der Waals surface area contributed by atoms with Crippen molar-refractivity contribution >= 4 is 0 Å². The molecule has 2 atom stereocenters. The maximum Gasteiger partial charge on any atom is 0.0587 e. The first-order valence-corrected chi connectivity index (χ1v) is 6.30. The molecular formula is C12H24N2O. The summed E-state index contributed by atoms with van der Waals surface area (Å²) in [4.78, 5) is 2.55. The number of aliphatic hydroxyl groups excluding tert-OH is 1. The molecule has 3 aliphatic rings. The molecule has 3 fully saturated rings. The van der Waals surface area contributed by atoms with Gasteiger partial charge < -0.3 is 15.3 Å². The average Bonchev–Trinajstić information content (AvgIpc) is 2.27. The lowest BCUT2D eigenvalue weighted by Crippen LogP contribution is -2.59. The summed E-state index contributed by atoms with van der Waals surface area (Å²) in [6.45, 7) is 8.38. The fourth-order valence-corrected chi connectivity index (χ4v) is 2.88. The van der Waals surface area contributed by atoms with E-state index in [0.717, 1.165) is 5.92 Å². The van der Waals surface area contributed by atoms with Crippen molar-refractivity contribution in [2.75, 3.05) is 26.2 Å². The highest BCUT2D eigenvalue weighted by Gasteiger charge is 2.35. The molecule has 2 N–H and O–H groups in total. The van der Waals surface area contributed by atoms with E-state index in [2.05, 4.69) is 24.1 Å². The minimum absolute atomic E-state index is 0.265. The van der Waals surface area contributed by atoms with Crippen molar-refractivity contribution in [1.82, 2.24) is 10.2 Å². The Hall–Kier alpha value is -0.120. The van der Waals surface area contributed by atoms with Gasteiger partial charge in [-0.05, 0) is 37.8 Å². The summed E-state index contributed by atoms with van der Waals surface area (Å²) < 4.78 is 0. The van der Waals surface area contributed by atoms with Crippen LogP contribution in [-0.4, -0.2) is 48.3 Å². The van der Waals surface area contributed by atoms with Gasteiger partial charge in [-0.1, -0.05) is 13.8 Å². The molecule has 2 bridgehead atoms. The van der Waals surface area contributed by atoms with Gasteiger partial charge in [0.05, 0.1) is 6.61 Å². The third-order valence-electron chi connectivity index (χ3n) is 4.09. The quantitative estimate of drug-likeness (QED) is 0.719. The molecule has 3 nitrogen and oxygen atoms in total. The monoisotopic (exact) mass is 212 g/mol. The van der Waals surface area contributed by atoms with Crippen molar-refractivity contribution in [2.24, 2.45) is 11.8 Å². The van der Waals surface area contributed by atoms with Crippen molar-refractivity contribution in [1.29, 1.82) is 0 Å². The first-order valence-electron chi connectivity index (χ1n) is 6.30. The van der Waals surface area contributed by atoms with Gasteiger partial charge in [-0.2, -0.15) is 0 Å². The molecule has 0 amide bonds. The second kappa shape index (κ2) is 4.81. The molecule has 2 unspecified atom stereocenters. The van der Waals surface area contributed by atoms with Gasteiger partial charge in [-0.3, -0.25) is 0 Å². The summed E-state index contributed by atoms with van der Waals surface area (Å²) in [5.74, 6) is 1.37. The summed E-state index contributed by atoms with van der Waals surface area (Å²) in [5, 5.41) is 13.0. The average molecular weight is 212 g/mol. The fraction of sp³-hybridized carbons (Fsp3) is 1.00. The Labute approximate surface area is 92.8 Å². The maximum atomic E-state index is 9.32. The first-order chi connectivity index (χ1) is 7.20. The molecular weight excluding hydrogens is 188 g/mol. The van der Waals surface area contributed by atoms with Gasteiger partial charge in [0.15, 0.2) is 0 Å². The van der Waals surface area contributed by atoms with Gasteiger partial charge in [-0.15, -0.1) is 0 Å². The lowest BCUT2D eigenvalue weighted by Gasteiger charge is -2.46. The highest BCUT2D eigenvalue weighted by atomic mass is 16.3. The second-order valence-electron chi connectivity index (χ2n) is 5.44. The minimum atomic E-state index is 0.265. The van der Waals surface area contributed by atoms with Crippen molar-refractivity contribution < 1.29 is 5.11 Å². The molecule has 0 aromatic carbocycles. The number of nitrogens with zero attached hydrogens (tertiary/aromatic N) is 1. The molecule has 88 valence electrons. The molecule has 0 aliphatic carbocycles. The van der Waals surface area contributed by atoms with E-state index >= 15 is 0 Å². The van der Waals surface area contributed by atoms with E-state index in [1.165, 1.54) is 32.5 Å². The molecule has 3 heterocycles. The van der Waals surface area contributed by atoms with Crippen LogP contribution in [0.4, 0.5) is 0 Å². The highest BCUT2D eigenvalue weighted by molar-refractivity contribution is 4.92. The van der Waals surface area contributed by atoms with Crippen molar-refractivity contribution in [2.45, 2.75) is 38.8 Å². The number of hydrogen-bond acceptors (Lipinski definition) is 3. The molecule has 0 aromatic heterocycles. The van der Waals surface area contributed by atoms with Crippen LogP contribution in [0, 0.1) is 11.8 Å². The van der Waals surface area contributed by atoms with Gasteiger partial charge >= 0.3 is 0 Å². The molecule has 3 heteroatoms. The van der Waals surface area contributed by atoms with Gasteiger partial charge in [0.1, 0.15) is 0 Å². The predicted molar refractivity (Wildman–Crippen MR) is 61.8 cm³/mol. The Bertz CT molecular complexity index is 200. The van der Waals surface area contributed by atoms with E-state index in [1.807, 2.05) is 0 Å². The van der Waals surface area contributed by atoms with E-state index in [0.29, 0.717) is 12.0 Å². The Morgan fingerprint density at radius 3 is 2.40 bits per heavy atom. The standard InChI is InChI=1S/C12H24N2O/c1-9(2)12(8-15)13-11-7-14-5-3-10(11)4-6-14/h9-13,15H,3-8H2,1-2H3. The van der Waals surface area contributed by atoms with Crippen LogP contribution < -0.4 is 5.32 Å². The molecule has 0 spiro atoms. The third-order valence-corrected chi connectivity index (χ3v) is 4.09. The zero-order chi connectivity index (χ0) is 10.8. The lowest BCUT2D eigenvalue weighted by atomic mass is 9.83. The molecule has 0 aromatic rings. The summed E-state index contributed by atoms with van der Waals surface area (Å²) in [7, 11) is 0. The van der Waals surface area contributed by atoms with Crippen LogP contribution in [0.5, 0.6) is 0 Å². The van der Waals surface area contributed by atoms with Gasteiger partial charge in [0.2, 0.25) is 0 Å². The number of piperidine rings is 3. The van der Waals surface area contributed by atoms with E-state index < -0.39 is 0 Å². The summed E-state index contributed by atoms with van der Waals surface area (Å²) in [6, 6.07) is 0.891. The topological polar surface area (TPSA) is 35.5 Å². The van der Waals surface area contributed by atoms with Crippen molar-refractivity contribution in [3.05, 3.63) is 0 Å². The number of hydrogen-bond donors (Lipinski definition) is 2. The molecule has 3 aliphatic heterocycles. The normalized spacial score (nSPS) is 37.2. The van der Waals surface area contributed by atoms with E-state index in [-0.39, 0.29) is 12.6 Å². The minimum Gasteiger partial charge on any atom is -0.395 e. The Kier molecular flexibility index (Phi) is 3.65. The Balaban J connectivity index is 1.88. The smallest absolute Gasteiger partial charge is 0.0587 e. The van der Waals surface area contributed by atoms with E-state index in [4.69, 9.17) is 0 Å². The fourth-order valence-electron chi connectivity index (χ4n) is 2.88. The van der Waals surface area contributed by atoms with Gasteiger partial charge in [0, 0.05) is 18.6 Å². The van der Waals surface area contributed by atoms with Crippen molar-refractivity contribution in [3.8, 4) is 0 Å². The van der Waals surface area contributed by atoms with Crippen LogP contribution in [0.25, 0.3) is 0 Å². The predicted octanol–water partition coefficient (Wildman–Crippen LogP) is 0.687. The SMILES string of the molecule is CC(C)C(CO)NC1CN2CCC1CC2. The summed E-state index contributed by atoms with van der Waals surface area (Å²) in [5.41, 5.74) is 0. The van der Waals surface area contributed by atoms with Crippen LogP contribution >= 0.6 is 0 Å². The molecule has 0 radical (unpaired) electrons. The second-order valence-corrected chi connectivity index (χ2v) is 5.44. The van der Waals surface area contributed by atoms with Crippen LogP contribution in [-0.2, 0) is 0 Å². The molecule has 3 rings (SSSR count). The summed E-state index contributed by atoms with van der Waals surface area (Å²) >= 11 is 0.